The van der Waals surface area contributed by atoms with Gasteiger partial charge in [-0.05, 0) is 19.5 Å². The second-order valence-corrected chi connectivity index (χ2v) is 5.16. The van der Waals surface area contributed by atoms with E-state index in [2.05, 4.69) is 0 Å². The minimum atomic E-state index is -0.244. The fourth-order valence-electron chi connectivity index (χ4n) is 2.50. The average molecular weight is 285 g/mol. The summed E-state index contributed by atoms with van der Waals surface area (Å²) in [4.78, 5) is 14.5. The average Bonchev–Trinajstić information content (AvgIpc) is 2.51. The third kappa shape index (κ3) is 3.76. The summed E-state index contributed by atoms with van der Waals surface area (Å²) in [5.74, 6) is -0.150. The van der Waals surface area contributed by atoms with Gasteiger partial charge < -0.3 is 0 Å². The van der Waals surface area contributed by atoms with Crippen LogP contribution in [0.4, 0.5) is 4.39 Å². The van der Waals surface area contributed by atoms with E-state index in [-0.39, 0.29) is 17.6 Å². The molecule has 0 N–H and O–H groups in total. The maximum absolute atomic E-state index is 13.7. The number of nitrogens with zero attached hydrogens (tertiary/aromatic N) is 1. The molecule has 0 bridgehead atoms. The highest BCUT2D eigenvalue weighted by Crippen LogP contribution is 2.15. The van der Waals surface area contributed by atoms with E-state index in [0.29, 0.717) is 24.1 Å². The summed E-state index contributed by atoms with van der Waals surface area (Å²) < 4.78 is 13.7. The van der Waals surface area contributed by atoms with Crippen molar-refractivity contribution < 1.29 is 9.18 Å². The summed E-state index contributed by atoms with van der Waals surface area (Å²) in [5.41, 5.74) is 1.31. The van der Waals surface area contributed by atoms with Gasteiger partial charge in [0.25, 0.3) is 0 Å². The molecule has 1 unspecified atom stereocenters. The van der Waals surface area contributed by atoms with Gasteiger partial charge in [0.05, 0.1) is 6.04 Å². The summed E-state index contributed by atoms with van der Waals surface area (Å²) in [7, 11) is 1.86. The Balaban J connectivity index is 2.14. The van der Waals surface area contributed by atoms with Crippen LogP contribution in [0.2, 0.25) is 0 Å². The molecule has 2 rings (SSSR count). The van der Waals surface area contributed by atoms with Crippen molar-refractivity contribution >= 4 is 5.78 Å². The Morgan fingerprint density at radius 1 is 1.10 bits per heavy atom. The molecular weight excluding hydrogens is 265 g/mol. The van der Waals surface area contributed by atoms with Gasteiger partial charge >= 0.3 is 0 Å². The second-order valence-electron chi connectivity index (χ2n) is 5.16. The molecule has 0 amide bonds. The van der Waals surface area contributed by atoms with Crippen LogP contribution in [-0.4, -0.2) is 23.8 Å². The number of hydrogen-bond donors (Lipinski definition) is 0. The van der Waals surface area contributed by atoms with E-state index >= 15 is 0 Å². The molecule has 110 valence electrons. The lowest BCUT2D eigenvalue weighted by Crippen LogP contribution is -2.37. The van der Waals surface area contributed by atoms with E-state index in [4.69, 9.17) is 0 Å². The van der Waals surface area contributed by atoms with Crippen molar-refractivity contribution in [3.63, 3.8) is 0 Å². The van der Waals surface area contributed by atoms with Crippen LogP contribution < -0.4 is 0 Å². The van der Waals surface area contributed by atoms with E-state index in [0.717, 1.165) is 0 Å². The molecule has 0 aliphatic heterocycles. The fourth-order valence-corrected chi connectivity index (χ4v) is 2.50. The fraction of sp³-hybridized carbons (Fsp3) is 0.278. The maximum Gasteiger partial charge on any atom is 0.179 e. The van der Waals surface area contributed by atoms with Crippen LogP contribution in [-0.2, 0) is 6.54 Å². The number of rotatable bonds is 6. The molecule has 0 saturated carbocycles. The van der Waals surface area contributed by atoms with E-state index < -0.39 is 0 Å². The third-order valence-electron chi connectivity index (χ3n) is 3.66. The Morgan fingerprint density at radius 2 is 1.71 bits per heavy atom. The first-order chi connectivity index (χ1) is 10.1. The number of ketones is 1. The summed E-state index contributed by atoms with van der Waals surface area (Å²) in [6, 6.07) is 15.7. The minimum Gasteiger partial charge on any atom is -0.292 e. The zero-order valence-electron chi connectivity index (χ0n) is 12.4. The largest absolute Gasteiger partial charge is 0.292 e. The highest BCUT2D eigenvalue weighted by molar-refractivity contribution is 6.00. The lowest BCUT2D eigenvalue weighted by atomic mass is 10.0. The topological polar surface area (TPSA) is 20.3 Å². The van der Waals surface area contributed by atoms with E-state index in [1.807, 2.05) is 55.3 Å². The van der Waals surface area contributed by atoms with E-state index in [9.17, 15) is 9.18 Å². The van der Waals surface area contributed by atoms with Gasteiger partial charge in [-0.1, -0.05) is 55.5 Å². The van der Waals surface area contributed by atoms with Gasteiger partial charge in [0, 0.05) is 17.7 Å². The number of benzene rings is 2. The predicted molar refractivity (Wildman–Crippen MR) is 82.7 cm³/mol. The number of hydrogen-bond acceptors (Lipinski definition) is 2. The molecule has 21 heavy (non-hydrogen) atoms. The Morgan fingerprint density at radius 3 is 2.33 bits per heavy atom. The molecule has 0 radical (unpaired) electrons. The minimum absolute atomic E-state index is 0.0805. The highest BCUT2D eigenvalue weighted by Gasteiger charge is 2.23. The normalized spacial score (nSPS) is 12.4. The molecule has 1 atom stereocenters. The van der Waals surface area contributed by atoms with Gasteiger partial charge in [0.15, 0.2) is 5.78 Å². The number of Topliss-reactive ketones (excluding diaryl/α,β-unsaturated/α-hetero) is 1. The van der Waals surface area contributed by atoms with Crippen molar-refractivity contribution in [1.29, 1.82) is 0 Å². The van der Waals surface area contributed by atoms with Crippen LogP contribution in [0.25, 0.3) is 0 Å². The molecule has 0 aliphatic carbocycles. The Hall–Kier alpha value is -2.00. The number of carbonyl (C=O) groups is 1. The summed E-state index contributed by atoms with van der Waals surface area (Å²) in [5, 5.41) is 0. The van der Waals surface area contributed by atoms with Gasteiger partial charge in [0.1, 0.15) is 5.82 Å². The van der Waals surface area contributed by atoms with Crippen molar-refractivity contribution in [1.82, 2.24) is 4.90 Å². The standard InChI is InChI=1S/C18H20FNO/c1-3-17(18(21)14-9-5-4-6-10-14)20(2)13-15-11-7-8-12-16(15)19/h4-12,17H,3,13H2,1-2H3. The molecule has 2 nitrogen and oxygen atoms in total. The van der Waals surface area contributed by atoms with Crippen molar-refractivity contribution in [2.45, 2.75) is 25.9 Å². The molecule has 0 spiro atoms. The summed E-state index contributed by atoms with van der Waals surface area (Å²) in [6.07, 6.45) is 0.693. The van der Waals surface area contributed by atoms with Gasteiger partial charge in [-0.15, -0.1) is 0 Å². The van der Waals surface area contributed by atoms with Crippen LogP contribution in [0.5, 0.6) is 0 Å². The molecule has 2 aromatic rings. The van der Waals surface area contributed by atoms with Crippen LogP contribution in [0.3, 0.4) is 0 Å². The zero-order valence-corrected chi connectivity index (χ0v) is 12.4. The van der Waals surface area contributed by atoms with Gasteiger partial charge in [-0.3, -0.25) is 9.69 Å². The van der Waals surface area contributed by atoms with Crippen LogP contribution in [0.15, 0.2) is 54.6 Å². The number of halogens is 1. The molecular formula is C18H20FNO. The summed E-state index contributed by atoms with van der Waals surface area (Å²) in [6.45, 7) is 2.40. The van der Waals surface area contributed by atoms with Gasteiger partial charge in [-0.25, -0.2) is 4.39 Å². The zero-order chi connectivity index (χ0) is 15.2. The van der Waals surface area contributed by atoms with Gasteiger partial charge in [-0.2, -0.15) is 0 Å². The molecule has 0 heterocycles. The molecule has 0 fully saturated rings. The molecule has 0 aliphatic rings. The molecule has 2 aromatic carbocycles. The smallest absolute Gasteiger partial charge is 0.179 e. The Bertz CT molecular complexity index is 597. The number of carbonyl (C=O) groups excluding carboxylic acids is 1. The van der Waals surface area contributed by atoms with Crippen molar-refractivity contribution in [3.05, 3.63) is 71.5 Å². The SMILES string of the molecule is CCC(C(=O)c1ccccc1)N(C)Cc1ccccc1F. The second kappa shape index (κ2) is 7.14. The third-order valence-corrected chi connectivity index (χ3v) is 3.66. The first kappa shape index (κ1) is 15.4. The van der Waals surface area contributed by atoms with Crippen molar-refractivity contribution in [2.24, 2.45) is 0 Å². The van der Waals surface area contributed by atoms with Crippen LogP contribution in [0.1, 0.15) is 29.3 Å². The van der Waals surface area contributed by atoms with Crippen molar-refractivity contribution in [2.75, 3.05) is 7.05 Å². The van der Waals surface area contributed by atoms with Crippen LogP contribution in [0, 0.1) is 5.82 Å². The first-order valence-corrected chi connectivity index (χ1v) is 7.16. The van der Waals surface area contributed by atoms with Gasteiger partial charge in [0.2, 0.25) is 0 Å². The Labute approximate surface area is 125 Å². The molecule has 0 aromatic heterocycles. The lowest BCUT2D eigenvalue weighted by Gasteiger charge is -2.26. The maximum atomic E-state index is 13.7. The highest BCUT2D eigenvalue weighted by atomic mass is 19.1. The first-order valence-electron chi connectivity index (χ1n) is 7.16. The van der Waals surface area contributed by atoms with E-state index in [1.54, 1.807) is 12.1 Å². The molecule has 0 saturated heterocycles. The summed E-state index contributed by atoms with van der Waals surface area (Å²) >= 11 is 0. The monoisotopic (exact) mass is 285 g/mol. The predicted octanol–water partition coefficient (Wildman–Crippen LogP) is 3.92. The lowest BCUT2D eigenvalue weighted by molar-refractivity contribution is 0.0837. The van der Waals surface area contributed by atoms with E-state index in [1.165, 1.54) is 6.07 Å². The van der Waals surface area contributed by atoms with Crippen molar-refractivity contribution in [3.8, 4) is 0 Å². The van der Waals surface area contributed by atoms with Crippen LogP contribution >= 0.6 is 0 Å². The Kier molecular flexibility index (Phi) is 5.23. The quantitative estimate of drug-likeness (QED) is 0.750. The number of likely N-dealkylation sites (N-methyl/N-ethyl adjacent to an activating group) is 1. The molecule has 3 heteroatoms.